The molecule has 3 aliphatic rings. The summed E-state index contributed by atoms with van der Waals surface area (Å²) in [5.74, 6) is 0.0766. The molecule has 5 rings (SSSR count). The van der Waals surface area contributed by atoms with Crippen LogP contribution in [0.15, 0.2) is 41.4 Å². The number of pyridine rings is 1. The number of fused-ring (bicyclic) bond motifs is 1. The summed E-state index contributed by atoms with van der Waals surface area (Å²) in [6, 6.07) is 8.71. The SMILES string of the molecule is Cc1ccc(NC(=O)[C@@H]2CCCN(S(=O)(=O)c3ccc4c(c3)C[C@H](C)N4C(=O)C3CC3)C2)nc1. The Hall–Kier alpha value is -2.78. The highest BCUT2D eigenvalue weighted by Gasteiger charge is 2.40. The zero-order valence-electron chi connectivity index (χ0n) is 19.5. The summed E-state index contributed by atoms with van der Waals surface area (Å²) in [5, 5.41) is 2.81. The van der Waals surface area contributed by atoms with Gasteiger partial charge in [-0.3, -0.25) is 9.59 Å². The molecule has 0 spiro atoms. The maximum Gasteiger partial charge on any atom is 0.243 e. The van der Waals surface area contributed by atoms with Crippen LogP contribution >= 0.6 is 0 Å². The van der Waals surface area contributed by atoms with Gasteiger partial charge in [-0.25, -0.2) is 13.4 Å². The van der Waals surface area contributed by atoms with Gasteiger partial charge in [-0.15, -0.1) is 0 Å². The number of nitrogens with zero attached hydrogens (tertiary/aromatic N) is 3. The smallest absolute Gasteiger partial charge is 0.243 e. The molecule has 3 heterocycles. The fraction of sp³-hybridized carbons (Fsp3) is 0.480. The fourth-order valence-electron chi connectivity index (χ4n) is 4.92. The van der Waals surface area contributed by atoms with Crippen molar-refractivity contribution in [3.05, 3.63) is 47.7 Å². The Morgan fingerprint density at radius 3 is 2.59 bits per heavy atom. The van der Waals surface area contributed by atoms with Crippen LogP contribution in [0.5, 0.6) is 0 Å². The summed E-state index contributed by atoms with van der Waals surface area (Å²) in [7, 11) is -3.75. The van der Waals surface area contributed by atoms with Crippen molar-refractivity contribution in [2.45, 2.75) is 56.9 Å². The van der Waals surface area contributed by atoms with Crippen LogP contribution in [-0.4, -0.2) is 48.7 Å². The molecule has 2 amide bonds. The van der Waals surface area contributed by atoms with E-state index in [-0.39, 0.29) is 35.2 Å². The number of hydrogen-bond acceptors (Lipinski definition) is 5. The highest BCUT2D eigenvalue weighted by Crippen LogP contribution is 2.40. The first kappa shape index (κ1) is 23.0. The highest BCUT2D eigenvalue weighted by atomic mass is 32.2. The van der Waals surface area contributed by atoms with E-state index in [0.29, 0.717) is 31.6 Å². The molecule has 2 atom stereocenters. The Labute approximate surface area is 200 Å². The lowest BCUT2D eigenvalue weighted by atomic mass is 9.99. The predicted molar refractivity (Wildman–Crippen MR) is 129 cm³/mol. The predicted octanol–water partition coefficient (Wildman–Crippen LogP) is 3.12. The molecule has 0 bridgehead atoms. The Morgan fingerprint density at radius 2 is 1.88 bits per heavy atom. The molecule has 0 unspecified atom stereocenters. The zero-order valence-corrected chi connectivity index (χ0v) is 20.3. The van der Waals surface area contributed by atoms with E-state index >= 15 is 0 Å². The second-order valence-corrected chi connectivity index (χ2v) is 11.7. The molecule has 1 saturated heterocycles. The quantitative estimate of drug-likeness (QED) is 0.706. The average Bonchev–Trinajstić information content (AvgIpc) is 3.62. The van der Waals surface area contributed by atoms with Crippen molar-refractivity contribution in [2.75, 3.05) is 23.3 Å². The van der Waals surface area contributed by atoms with Gasteiger partial charge in [-0.2, -0.15) is 4.31 Å². The Morgan fingerprint density at radius 1 is 1.09 bits per heavy atom. The number of rotatable bonds is 5. The number of anilines is 2. The number of benzene rings is 1. The van der Waals surface area contributed by atoms with Crippen LogP contribution in [0.25, 0.3) is 0 Å². The normalized spacial score (nSPS) is 22.9. The Bertz CT molecular complexity index is 1220. The molecule has 1 saturated carbocycles. The average molecular weight is 483 g/mol. The van der Waals surface area contributed by atoms with Crippen molar-refractivity contribution in [1.29, 1.82) is 0 Å². The molecule has 1 aromatic carbocycles. The van der Waals surface area contributed by atoms with Crippen molar-refractivity contribution in [3.8, 4) is 0 Å². The largest absolute Gasteiger partial charge is 0.310 e. The number of amides is 2. The zero-order chi connectivity index (χ0) is 24.0. The molecular weight excluding hydrogens is 452 g/mol. The van der Waals surface area contributed by atoms with E-state index < -0.39 is 15.9 Å². The van der Waals surface area contributed by atoms with Gasteiger partial charge in [-0.1, -0.05) is 6.07 Å². The Kier molecular flexibility index (Phi) is 5.93. The first-order chi connectivity index (χ1) is 16.2. The van der Waals surface area contributed by atoms with E-state index in [4.69, 9.17) is 0 Å². The molecular formula is C25H30N4O4S. The van der Waals surface area contributed by atoms with Crippen molar-refractivity contribution in [3.63, 3.8) is 0 Å². The van der Waals surface area contributed by atoms with E-state index in [1.165, 1.54) is 4.31 Å². The number of hydrogen-bond donors (Lipinski definition) is 1. The molecule has 34 heavy (non-hydrogen) atoms. The van der Waals surface area contributed by atoms with Crippen LogP contribution in [0, 0.1) is 18.8 Å². The monoisotopic (exact) mass is 482 g/mol. The van der Waals surface area contributed by atoms with Gasteiger partial charge in [0.15, 0.2) is 0 Å². The van der Waals surface area contributed by atoms with Gasteiger partial charge in [0.25, 0.3) is 0 Å². The maximum atomic E-state index is 13.5. The minimum atomic E-state index is -3.75. The van der Waals surface area contributed by atoms with Gasteiger partial charge >= 0.3 is 0 Å². The topological polar surface area (TPSA) is 99.7 Å². The van der Waals surface area contributed by atoms with E-state index in [1.807, 2.05) is 24.8 Å². The first-order valence-corrected chi connectivity index (χ1v) is 13.4. The van der Waals surface area contributed by atoms with Crippen LogP contribution in [0.1, 0.15) is 43.7 Å². The number of carbonyl (C=O) groups excluding carboxylic acids is 2. The van der Waals surface area contributed by atoms with Crippen molar-refractivity contribution in [1.82, 2.24) is 9.29 Å². The summed E-state index contributed by atoms with van der Waals surface area (Å²) >= 11 is 0. The lowest BCUT2D eigenvalue weighted by Gasteiger charge is -2.31. The summed E-state index contributed by atoms with van der Waals surface area (Å²) in [5.41, 5.74) is 2.71. The number of nitrogens with one attached hydrogen (secondary N) is 1. The third kappa shape index (κ3) is 4.34. The first-order valence-electron chi connectivity index (χ1n) is 11.9. The molecule has 2 aromatic rings. The van der Waals surface area contributed by atoms with Crippen LogP contribution in [0.3, 0.4) is 0 Å². The van der Waals surface area contributed by atoms with Crippen LogP contribution in [0.4, 0.5) is 11.5 Å². The summed E-state index contributed by atoms with van der Waals surface area (Å²) in [6.45, 7) is 4.45. The lowest BCUT2D eigenvalue weighted by Crippen LogP contribution is -2.43. The number of aromatic nitrogens is 1. The molecule has 9 heteroatoms. The van der Waals surface area contributed by atoms with Crippen LogP contribution in [0.2, 0.25) is 0 Å². The molecule has 2 aliphatic heterocycles. The van der Waals surface area contributed by atoms with E-state index in [9.17, 15) is 18.0 Å². The number of aryl methyl sites for hydroxylation is 1. The molecule has 2 fully saturated rings. The second-order valence-electron chi connectivity index (χ2n) is 9.74. The fourth-order valence-corrected chi connectivity index (χ4v) is 6.50. The molecule has 0 radical (unpaired) electrons. The third-order valence-corrected chi connectivity index (χ3v) is 8.85. The van der Waals surface area contributed by atoms with Gasteiger partial charge in [0.2, 0.25) is 21.8 Å². The molecule has 1 N–H and O–H groups in total. The second kappa shape index (κ2) is 8.78. The molecule has 180 valence electrons. The standard InChI is InChI=1S/C25H30N4O4S/c1-16-5-10-23(26-14-16)27-24(30)19-4-3-11-28(15-19)34(32,33)21-8-9-22-20(13-21)12-17(2)29(22)25(31)18-6-7-18/h5,8-10,13-14,17-19H,3-4,6-7,11-12,15H2,1-2H3,(H,26,27,30)/t17-,19+/m0/s1. The number of piperidine rings is 1. The maximum absolute atomic E-state index is 13.5. The minimum absolute atomic E-state index is 0.0273. The lowest BCUT2D eigenvalue weighted by molar-refractivity contribution is -0.121. The molecule has 1 aromatic heterocycles. The van der Waals surface area contributed by atoms with Crippen molar-refractivity contribution >= 4 is 33.3 Å². The van der Waals surface area contributed by atoms with Gasteiger partial charge in [-0.05, 0) is 81.3 Å². The molecule has 1 aliphatic carbocycles. The van der Waals surface area contributed by atoms with Gasteiger partial charge in [0, 0.05) is 36.9 Å². The Balaban J connectivity index is 1.31. The molecule has 8 nitrogen and oxygen atoms in total. The van der Waals surface area contributed by atoms with E-state index in [1.54, 1.807) is 30.5 Å². The number of carbonyl (C=O) groups is 2. The van der Waals surface area contributed by atoms with E-state index in [2.05, 4.69) is 10.3 Å². The summed E-state index contributed by atoms with van der Waals surface area (Å²) < 4.78 is 28.3. The van der Waals surface area contributed by atoms with Gasteiger partial charge in [0.1, 0.15) is 5.82 Å². The van der Waals surface area contributed by atoms with Crippen LogP contribution < -0.4 is 10.2 Å². The minimum Gasteiger partial charge on any atom is -0.310 e. The van der Waals surface area contributed by atoms with Crippen molar-refractivity contribution in [2.24, 2.45) is 11.8 Å². The van der Waals surface area contributed by atoms with Gasteiger partial charge in [0.05, 0.1) is 10.8 Å². The third-order valence-electron chi connectivity index (χ3n) is 6.99. The van der Waals surface area contributed by atoms with Crippen molar-refractivity contribution < 1.29 is 18.0 Å². The summed E-state index contributed by atoms with van der Waals surface area (Å²) in [4.78, 5) is 31.8. The van der Waals surface area contributed by atoms with Crippen LogP contribution in [-0.2, 0) is 26.0 Å². The highest BCUT2D eigenvalue weighted by molar-refractivity contribution is 7.89. The number of sulfonamides is 1. The summed E-state index contributed by atoms with van der Waals surface area (Å²) in [6.07, 6.45) is 5.45. The van der Waals surface area contributed by atoms with E-state index in [0.717, 1.165) is 29.7 Å². The van der Waals surface area contributed by atoms with Gasteiger partial charge < -0.3 is 10.2 Å².